The Morgan fingerprint density at radius 3 is 1.09 bits per heavy atom. The zero-order valence-corrected chi connectivity index (χ0v) is 18.2. The molecule has 2 aliphatic heterocycles. The first-order valence-electron chi connectivity index (χ1n) is 10.8. The van der Waals surface area contributed by atoms with Crippen molar-refractivity contribution < 1.29 is 39.0 Å². The van der Waals surface area contributed by atoms with Crippen LogP contribution in [0.5, 0.6) is 0 Å². The number of imide groups is 2. The summed E-state index contributed by atoms with van der Waals surface area (Å²) in [6.45, 7) is 6.41. The van der Waals surface area contributed by atoms with Crippen LogP contribution < -0.4 is 0 Å². The average Bonchev–Trinajstić information content (AvgIpc) is 3.11. The molecule has 2 saturated heterocycles. The molecular weight excluding hydrogens is 420 g/mol. The van der Waals surface area contributed by atoms with E-state index in [1.54, 1.807) is 39.8 Å². The highest BCUT2D eigenvalue weighted by atomic mass is 16.4. The molecule has 0 aromatic heterocycles. The Morgan fingerprint density at radius 2 is 0.906 bits per heavy atom. The van der Waals surface area contributed by atoms with Gasteiger partial charge in [0.15, 0.2) is 0 Å². The molecule has 3 aliphatic carbocycles. The van der Waals surface area contributed by atoms with Gasteiger partial charge in [-0.05, 0) is 11.8 Å². The molecule has 0 radical (unpaired) electrons. The van der Waals surface area contributed by atoms with Gasteiger partial charge in [-0.1, -0.05) is 39.8 Å². The third kappa shape index (κ3) is 2.70. The molecule has 10 heteroatoms. The standard InChI is InChI=1S/C22H26N2O8/c1-7(2)15(21(29)30)23-17(25)11-9-5-6-10(12(11)18(23)26)14-13(9)19(27)24(20(14)28)16(8(3)4)22(31)32/h5-16H,1-4H3,(H,29,30)(H,31,32)/t9?,10?,11-,12+,13-,14+,15-,16-/m0/s1. The number of hydrogen-bond acceptors (Lipinski definition) is 6. The number of aliphatic carboxylic acids is 2. The molecule has 6 atom stereocenters. The smallest absolute Gasteiger partial charge is 0.327 e. The predicted molar refractivity (Wildman–Crippen MR) is 106 cm³/mol. The number of rotatable bonds is 6. The van der Waals surface area contributed by atoms with Crippen LogP contribution in [0.3, 0.4) is 0 Å². The van der Waals surface area contributed by atoms with Crippen molar-refractivity contribution in [2.24, 2.45) is 47.3 Å². The largest absolute Gasteiger partial charge is 0.480 e. The fraction of sp³-hybridized carbons (Fsp3) is 0.636. The maximum absolute atomic E-state index is 13.3. The second-order valence-corrected chi connectivity index (χ2v) is 9.79. The number of allylic oxidation sites excluding steroid dienone is 2. The van der Waals surface area contributed by atoms with Crippen LogP contribution in [0.15, 0.2) is 12.2 Å². The SMILES string of the molecule is CC(C)[C@@H](C(=O)O)N1C(=O)[C@@H]2C3C=CC([C@@H]2C1=O)[C@@H]1C(=O)N([C@H](C(=O)O)C(C)C)C(=O)[C@H]31. The van der Waals surface area contributed by atoms with Crippen molar-refractivity contribution in [2.75, 3.05) is 0 Å². The van der Waals surface area contributed by atoms with E-state index in [9.17, 15) is 39.0 Å². The monoisotopic (exact) mass is 446 g/mol. The quantitative estimate of drug-likeness (QED) is 0.435. The highest BCUT2D eigenvalue weighted by Crippen LogP contribution is 2.58. The number of carboxylic acid groups (broad SMARTS) is 2. The van der Waals surface area contributed by atoms with Gasteiger partial charge in [-0.3, -0.25) is 29.0 Å². The minimum absolute atomic E-state index is 0.521. The van der Waals surface area contributed by atoms with Crippen LogP contribution in [0.1, 0.15) is 27.7 Å². The molecule has 0 aromatic carbocycles. The molecule has 32 heavy (non-hydrogen) atoms. The highest BCUT2D eigenvalue weighted by Gasteiger charge is 2.70. The molecule has 172 valence electrons. The maximum atomic E-state index is 13.3. The molecule has 0 spiro atoms. The lowest BCUT2D eigenvalue weighted by Gasteiger charge is -2.44. The van der Waals surface area contributed by atoms with Gasteiger partial charge < -0.3 is 10.2 Å². The van der Waals surface area contributed by atoms with Gasteiger partial charge in [0.2, 0.25) is 23.6 Å². The highest BCUT2D eigenvalue weighted by molar-refractivity contribution is 6.13. The Hall–Kier alpha value is -3.04. The van der Waals surface area contributed by atoms with E-state index < -0.39 is 95.0 Å². The van der Waals surface area contributed by atoms with Gasteiger partial charge in [-0.2, -0.15) is 0 Å². The normalized spacial score (nSPS) is 35.1. The Balaban J connectivity index is 1.75. The van der Waals surface area contributed by atoms with Crippen molar-refractivity contribution in [1.82, 2.24) is 9.80 Å². The van der Waals surface area contributed by atoms with Crippen molar-refractivity contribution in [2.45, 2.75) is 39.8 Å². The van der Waals surface area contributed by atoms with Gasteiger partial charge in [0.1, 0.15) is 12.1 Å². The van der Waals surface area contributed by atoms with E-state index in [0.29, 0.717) is 0 Å². The van der Waals surface area contributed by atoms with Gasteiger partial charge in [-0.25, -0.2) is 9.59 Å². The number of carboxylic acids is 2. The fourth-order valence-electron chi connectivity index (χ4n) is 6.21. The van der Waals surface area contributed by atoms with Crippen LogP contribution >= 0.6 is 0 Å². The first kappa shape index (κ1) is 22.2. The molecule has 2 bridgehead atoms. The van der Waals surface area contributed by atoms with E-state index in [4.69, 9.17) is 0 Å². The molecule has 0 unspecified atom stereocenters. The number of likely N-dealkylation sites (tertiary alicyclic amines) is 2. The first-order chi connectivity index (χ1) is 14.9. The fourth-order valence-corrected chi connectivity index (χ4v) is 6.21. The maximum Gasteiger partial charge on any atom is 0.327 e. The van der Waals surface area contributed by atoms with Crippen molar-refractivity contribution in [3.63, 3.8) is 0 Å². The van der Waals surface area contributed by atoms with E-state index in [2.05, 4.69) is 0 Å². The minimum atomic E-state index is -1.33. The summed E-state index contributed by atoms with van der Waals surface area (Å²) in [5, 5.41) is 19.3. The Labute approximate surface area is 184 Å². The van der Waals surface area contributed by atoms with Crippen LogP contribution in [0.25, 0.3) is 0 Å². The number of amides is 4. The summed E-state index contributed by atoms with van der Waals surface area (Å²) in [5.41, 5.74) is 0. The Bertz CT molecular complexity index is 849. The van der Waals surface area contributed by atoms with E-state index in [-0.39, 0.29) is 0 Å². The molecular formula is C22H26N2O8. The second kappa shape index (κ2) is 7.25. The van der Waals surface area contributed by atoms with Gasteiger partial charge >= 0.3 is 11.9 Å². The van der Waals surface area contributed by atoms with Gasteiger partial charge in [-0.15, -0.1) is 0 Å². The molecule has 5 aliphatic rings. The van der Waals surface area contributed by atoms with Crippen molar-refractivity contribution in [3.8, 4) is 0 Å². The molecule has 0 aromatic rings. The molecule has 2 heterocycles. The second-order valence-electron chi connectivity index (χ2n) is 9.79. The molecule has 5 rings (SSSR count). The van der Waals surface area contributed by atoms with E-state index in [0.717, 1.165) is 9.80 Å². The lowest BCUT2D eigenvalue weighted by Crippen LogP contribution is -2.50. The lowest BCUT2D eigenvalue weighted by atomic mass is 9.54. The van der Waals surface area contributed by atoms with Crippen molar-refractivity contribution >= 4 is 35.6 Å². The lowest BCUT2D eigenvalue weighted by molar-refractivity contribution is -0.158. The van der Waals surface area contributed by atoms with E-state index >= 15 is 0 Å². The predicted octanol–water partition coefficient (Wildman–Crippen LogP) is 0.223. The minimum Gasteiger partial charge on any atom is -0.480 e. The summed E-state index contributed by atoms with van der Waals surface area (Å²) in [6, 6.07) is -2.67. The summed E-state index contributed by atoms with van der Waals surface area (Å²) < 4.78 is 0. The van der Waals surface area contributed by atoms with Crippen molar-refractivity contribution in [1.29, 1.82) is 0 Å². The Kier molecular flexibility index (Phi) is 5.02. The zero-order chi connectivity index (χ0) is 23.8. The summed E-state index contributed by atoms with van der Waals surface area (Å²) in [7, 11) is 0. The van der Waals surface area contributed by atoms with Gasteiger partial charge in [0, 0.05) is 11.8 Å². The van der Waals surface area contributed by atoms with Crippen LogP contribution in [0.2, 0.25) is 0 Å². The van der Waals surface area contributed by atoms with Gasteiger partial charge in [0.25, 0.3) is 0 Å². The molecule has 4 amide bonds. The third-order valence-electron chi connectivity index (χ3n) is 7.40. The van der Waals surface area contributed by atoms with Crippen LogP contribution in [-0.2, 0) is 28.8 Å². The summed E-state index contributed by atoms with van der Waals surface area (Å²) in [4.78, 5) is 78.5. The van der Waals surface area contributed by atoms with Crippen LogP contribution in [0.4, 0.5) is 0 Å². The zero-order valence-electron chi connectivity index (χ0n) is 18.2. The number of nitrogens with zero attached hydrogens (tertiary/aromatic N) is 2. The molecule has 1 saturated carbocycles. The van der Waals surface area contributed by atoms with Crippen LogP contribution in [0, 0.1) is 47.3 Å². The third-order valence-corrected chi connectivity index (χ3v) is 7.40. The number of carbonyl (C=O) groups excluding carboxylic acids is 4. The molecule has 3 fully saturated rings. The summed E-state index contributed by atoms with van der Waals surface area (Å²) in [5.74, 6) is -11.4. The summed E-state index contributed by atoms with van der Waals surface area (Å²) in [6.07, 6.45) is 3.32. The molecule has 2 N–H and O–H groups in total. The first-order valence-corrected chi connectivity index (χ1v) is 10.8. The Morgan fingerprint density at radius 1 is 0.656 bits per heavy atom. The average molecular weight is 446 g/mol. The van der Waals surface area contributed by atoms with Gasteiger partial charge in [0.05, 0.1) is 23.7 Å². The topological polar surface area (TPSA) is 149 Å². The molecule has 10 nitrogen and oxygen atoms in total. The summed E-state index contributed by atoms with van der Waals surface area (Å²) >= 11 is 0. The van der Waals surface area contributed by atoms with Crippen LogP contribution in [-0.4, -0.2) is 67.7 Å². The number of carbonyl (C=O) groups is 6. The number of hydrogen-bond donors (Lipinski definition) is 2. The van der Waals surface area contributed by atoms with Crippen molar-refractivity contribution in [3.05, 3.63) is 12.2 Å². The van der Waals surface area contributed by atoms with E-state index in [1.165, 1.54) is 0 Å². The van der Waals surface area contributed by atoms with E-state index in [1.807, 2.05) is 0 Å².